The minimum absolute atomic E-state index is 0.226. The summed E-state index contributed by atoms with van der Waals surface area (Å²) in [6, 6.07) is 8.08. The summed E-state index contributed by atoms with van der Waals surface area (Å²) in [5.41, 5.74) is 2.19. The second-order valence-corrected chi connectivity index (χ2v) is 4.42. The summed E-state index contributed by atoms with van der Waals surface area (Å²) in [6.07, 6.45) is 3.79. The van der Waals surface area contributed by atoms with Crippen LogP contribution in [0.2, 0.25) is 0 Å². The van der Waals surface area contributed by atoms with Crippen LogP contribution in [0.15, 0.2) is 24.3 Å². The van der Waals surface area contributed by atoms with Crippen LogP contribution in [-0.4, -0.2) is 18.9 Å². The average molecular weight is 217 g/mol. The Hall–Kier alpha value is -1.15. The van der Waals surface area contributed by atoms with Gasteiger partial charge in [0.25, 0.3) is 0 Å². The summed E-state index contributed by atoms with van der Waals surface area (Å²) in [6.45, 7) is 3.32. The predicted molar refractivity (Wildman–Crippen MR) is 65.9 cm³/mol. The summed E-state index contributed by atoms with van der Waals surface area (Å²) in [5.74, 6) is 0.853. The molecule has 0 spiro atoms. The Balaban J connectivity index is 2.15. The van der Waals surface area contributed by atoms with Crippen LogP contribution in [0.1, 0.15) is 48.0 Å². The Bertz CT molecular complexity index is 369. The van der Waals surface area contributed by atoms with E-state index in [4.69, 9.17) is 0 Å². The van der Waals surface area contributed by atoms with Crippen molar-refractivity contribution < 1.29 is 4.79 Å². The highest BCUT2D eigenvalue weighted by Crippen LogP contribution is 2.37. The Morgan fingerprint density at radius 2 is 2.12 bits per heavy atom. The van der Waals surface area contributed by atoms with E-state index in [0.29, 0.717) is 12.5 Å². The number of benzene rings is 1. The zero-order valence-electron chi connectivity index (χ0n) is 9.83. The lowest BCUT2D eigenvalue weighted by Crippen LogP contribution is -2.24. The molecule has 0 aliphatic heterocycles. The van der Waals surface area contributed by atoms with Crippen molar-refractivity contribution in [3.05, 3.63) is 35.4 Å². The number of hydrogen-bond acceptors (Lipinski definition) is 2. The molecule has 0 radical (unpaired) electrons. The minimum atomic E-state index is 0.226. The van der Waals surface area contributed by atoms with E-state index in [1.165, 1.54) is 24.8 Å². The van der Waals surface area contributed by atoms with E-state index in [2.05, 4.69) is 11.4 Å². The molecule has 0 bridgehead atoms. The molecule has 2 rings (SSSR count). The van der Waals surface area contributed by atoms with Crippen LogP contribution in [0.3, 0.4) is 0 Å². The van der Waals surface area contributed by atoms with Crippen molar-refractivity contribution >= 4 is 5.78 Å². The van der Waals surface area contributed by atoms with Crippen LogP contribution in [0, 0.1) is 0 Å². The van der Waals surface area contributed by atoms with Crippen molar-refractivity contribution in [2.45, 2.75) is 32.1 Å². The summed E-state index contributed by atoms with van der Waals surface area (Å²) >= 11 is 0. The Kier molecular flexibility index (Phi) is 3.73. The molecule has 1 saturated carbocycles. The maximum atomic E-state index is 12.0. The van der Waals surface area contributed by atoms with Crippen molar-refractivity contribution in [3.8, 4) is 0 Å². The predicted octanol–water partition coefficient (Wildman–Crippen LogP) is 2.75. The van der Waals surface area contributed by atoms with E-state index in [-0.39, 0.29) is 5.78 Å². The summed E-state index contributed by atoms with van der Waals surface area (Å²) in [7, 11) is 0. The lowest BCUT2D eigenvalue weighted by Gasteiger charge is -2.27. The number of nitrogens with one attached hydrogen (secondary N) is 1. The van der Waals surface area contributed by atoms with E-state index in [0.717, 1.165) is 12.1 Å². The molecule has 0 unspecified atom stereocenters. The van der Waals surface area contributed by atoms with E-state index >= 15 is 0 Å². The Morgan fingerprint density at radius 1 is 1.38 bits per heavy atom. The third-order valence-corrected chi connectivity index (χ3v) is 3.34. The zero-order chi connectivity index (χ0) is 11.4. The topological polar surface area (TPSA) is 29.1 Å². The second kappa shape index (κ2) is 5.26. The minimum Gasteiger partial charge on any atom is -0.310 e. The van der Waals surface area contributed by atoms with E-state index in [9.17, 15) is 4.79 Å². The number of carbonyl (C=O) groups excluding carboxylic acids is 1. The Morgan fingerprint density at radius 3 is 2.75 bits per heavy atom. The fourth-order valence-electron chi connectivity index (χ4n) is 2.16. The first-order chi connectivity index (χ1) is 7.83. The highest BCUT2D eigenvalue weighted by molar-refractivity contribution is 5.99. The van der Waals surface area contributed by atoms with Crippen LogP contribution in [-0.2, 0) is 0 Å². The Labute approximate surface area is 97.1 Å². The summed E-state index contributed by atoms with van der Waals surface area (Å²) in [4.78, 5) is 12.0. The lowest BCUT2D eigenvalue weighted by molar-refractivity contribution is 0.0989. The van der Waals surface area contributed by atoms with Crippen LogP contribution >= 0.6 is 0 Å². The van der Waals surface area contributed by atoms with Gasteiger partial charge in [-0.25, -0.2) is 0 Å². The van der Waals surface area contributed by atoms with Gasteiger partial charge in [0.05, 0.1) is 6.54 Å². The average Bonchev–Trinajstić information content (AvgIpc) is 2.24. The number of hydrogen-bond donors (Lipinski definition) is 1. The standard InChI is InChI=1S/C14H19NO/c1-2-15-10-14(16)13-9-4-3-8-12(13)11-6-5-7-11/h3-4,8-9,11,15H,2,5-7,10H2,1H3. The molecule has 1 aromatic rings. The smallest absolute Gasteiger partial charge is 0.176 e. The molecule has 0 heterocycles. The van der Waals surface area contributed by atoms with Gasteiger partial charge < -0.3 is 5.32 Å². The highest BCUT2D eigenvalue weighted by Gasteiger charge is 2.23. The molecule has 0 saturated heterocycles. The molecule has 2 nitrogen and oxygen atoms in total. The van der Waals surface area contributed by atoms with Crippen molar-refractivity contribution in [3.63, 3.8) is 0 Å². The van der Waals surface area contributed by atoms with Gasteiger partial charge >= 0.3 is 0 Å². The molecule has 0 aromatic heterocycles. The molecule has 16 heavy (non-hydrogen) atoms. The van der Waals surface area contributed by atoms with Crippen LogP contribution < -0.4 is 5.32 Å². The van der Waals surface area contributed by atoms with Gasteiger partial charge in [-0.3, -0.25) is 4.79 Å². The number of carbonyl (C=O) groups is 1. The molecule has 1 aliphatic rings. The van der Waals surface area contributed by atoms with Gasteiger partial charge in [0, 0.05) is 5.56 Å². The van der Waals surface area contributed by atoms with Gasteiger partial charge in [-0.15, -0.1) is 0 Å². The van der Waals surface area contributed by atoms with Gasteiger partial charge in [0.2, 0.25) is 0 Å². The number of rotatable bonds is 5. The van der Waals surface area contributed by atoms with Gasteiger partial charge in [0.15, 0.2) is 5.78 Å². The van der Waals surface area contributed by atoms with Crippen LogP contribution in [0.4, 0.5) is 0 Å². The van der Waals surface area contributed by atoms with Crippen LogP contribution in [0.25, 0.3) is 0 Å². The molecular formula is C14H19NO. The first kappa shape index (κ1) is 11.3. The molecule has 1 fully saturated rings. The molecule has 0 amide bonds. The van der Waals surface area contributed by atoms with Crippen molar-refractivity contribution in [2.75, 3.05) is 13.1 Å². The maximum absolute atomic E-state index is 12.0. The number of Topliss-reactive ketones (excluding diaryl/α,β-unsaturated/α-hetero) is 1. The molecule has 86 valence electrons. The SMILES string of the molecule is CCNCC(=O)c1ccccc1C1CCC1. The quantitative estimate of drug-likeness (QED) is 0.768. The third kappa shape index (κ3) is 2.33. The monoisotopic (exact) mass is 217 g/mol. The number of likely N-dealkylation sites (N-methyl/N-ethyl adjacent to an activating group) is 1. The number of ketones is 1. The normalized spacial score (nSPS) is 15.8. The van der Waals surface area contributed by atoms with E-state index < -0.39 is 0 Å². The van der Waals surface area contributed by atoms with E-state index in [1.807, 2.05) is 25.1 Å². The van der Waals surface area contributed by atoms with Gasteiger partial charge in [0.1, 0.15) is 0 Å². The van der Waals surface area contributed by atoms with Crippen molar-refractivity contribution in [1.82, 2.24) is 5.32 Å². The van der Waals surface area contributed by atoms with Crippen LogP contribution in [0.5, 0.6) is 0 Å². The summed E-state index contributed by atoms with van der Waals surface area (Å²) in [5, 5.41) is 3.10. The second-order valence-electron chi connectivity index (χ2n) is 4.42. The van der Waals surface area contributed by atoms with Crippen molar-refractivity contribution in [1.29, 1.82) is 0 Å². The summed E-state index contributed by atoms with van der Waals surface area (Å²) < 4.78 is 0. The highest BCUT2D eigenvalue weighted by atomic mass is 16.1. The maximum Gasteiger partial charge on any atom is 0.176 e. The largest absolute Gasteiger partial charge is 0.310 e. The zero-order valence-corrected chi connectivity index (χ0v) is 9.83. The molecule has 2 heteroatoms. The fraction of sp³-hybridized carbons (Fsp3) is 0.500. The molecule has 1 aliphatic carbocycles. The van der Waals surface area contributed by atoms with Gasteiger partial charge in [-0.2, -0.15) is 0 Å². The third-order valence-electron chi connectivity index (χ3n) is 3.34. The molecule has 1 aromatic carbocycles. The molecule has 0 atom stereocenters. The van der Waals surface area contributed by atoms with E-state index in [1.54, 1.807) is 0 Å². The molecular weight excluding hydrogens is 198 g/mol. The van der Waals surface area contributed by atoms with Gasteiger partial charge in [-0.05, 0) is 30.9 Å². The van der Waals surface area contributed by atoms with Gasteiger partial charge in [-0.1, -0.05) is 37.6 Å². The fourth-order valence-corrected chi connectivity index (χ4v) is 2.16. The molecule has 1 N–H and O–H groups in total. The lowest BCUT2D eigenvalue weighted by atomic mass is 9.77. The first-order valence-electron chi connectivity index (χ1n) is 6.15. The van der Waals surface area contributed by atoms with Crippen molar-refractivity contribution in [2.24, 2.45) is 0 Å². The first-order valence-corrected chi connectivity index (χ1v) is 6.15.